The van der Waals surface area contributed by atoms with Gasteiger partial charge in [0.15, 0.2) is 5.96 Å². The van der Waals surface area contributed by atoms with E-state index in [0.29, 0.717) is 16.6 Å². The lowest BCUT2D eigenvalue weighted by molar-refractivity contribution is 0.399. The van der Waals surface area contributed by atoms with Crippen LogP contribution in [0, 0.1) is 0 Å². The Kier molecular flexibility index (Phi) is 8.50. The molecule has 1 rings (SSSR count). The van der Waals surface area contributed by atoms with Crippen LogP contribution in [-0.4, -0.2) is 44.6 Å². The van der Waals surface area contributed by atoms with Crippen molar-refractivity contribution in [3.63, 3.8) is 0 Å². The van der Waals surface area contributed by atoms with Crippen molar-refractivity contribution >= 4 is 29.2 Å². The van der Waals surface area contributed by atoms with Gasteiger partial charge in [0, 0.05) is 23.1 Å². The third kappa shape index (κ3) is 7.55. The van der Waals surface area contributed by atoms with Gasteiger partial charge in [-0.2, -0.15) is 0 Å². The molecule has 1 aromatic rings. The highest BCUT2D eigenvalue weighted by atomic mass is 35.5. The molecule has 0 unspecified atom stereocenters. The van der Waals surface area contributed by atoms with Crippen molar-refractivity contribution < 1.29 is 0 Å². The van der Waals surface area contributed by atoms with Crippen molar-refractivity contribution in [1.82, 2.24) is 15.5 Å². The Bertz CT molecular complexity index is 461. The maximum Gasteiger partial charge on any atom is 0.191 e. The largest absolute Gasteiger partial charge is 0.357 e. The lowest BCUT2D eigenvalue weighted by Gasteiger charge is -2.13. The number of hydrogen-bond donors (Lipinski definition) is 2. The summed E-state index contributed by atoms with van der Waals surface area (Å²) in [5.41, 5.74) is 0.964. The van der Waals surface area contributed by atoms with E-state index < -0.39 is 0 Å². The molecule has 1 aromatic carbocycles. The highest BCUT2D eigenvalue weighted by Gasteiger charge is 2.02. The Morgan fingerprint density at radius 2 is 2.00 bits per heavy atom. The molecule has 0 atom stereocenters. The second-order valence-electron chi connectivity index (χ2n) is 5.01. The third-order valence-electron chi connectivity index (χ3n) is 2.84. The SMILES string of the molecule is CCNC(=NCc1ccc(Cl)cc1Cl)NCCCN(C)C. The number of nitrogens with one attached hydrogen (secondary N) is 2. The summed E-state index contributed by atoms with van der Waals surface area (Å²) in [4.78, 5) is 6.71. The van der Waals surface area contributed by atoms with Gasteiger partial charge in [-0.25, -0.2) is 4.99 Å². The second-order valence-corrected chi connectivity index (χ2v) is 5.86. The van der Waals surface area contributed by atoms with E-state index in [-0.39, 0.29) is 0 Å². The molecule has 0 saturated carbocycles. The van der Waals surface area contributed by atoms with E-state index in [9.17, 15) is 0 Å². The average Bonchev–Trinajstić information content (AvgIpc) is 2.42. The quantitative estimate of drug-likeness (QED) is 0.458. The maximum absolute atomic E-state index is 6.15. The molecule has 0 aliphatic carbocycles. The minimum Gasteiger partial charge on any atom is -0.357 e. The molecule has 0 aromatic heterocycles. The Morgan fingerprint density at radius 1 is 1.24 bits per heavy atom. The maximum atomic E-state index is 6.15. The Hall–Kier alpha value is -0.970. The second kappa shape index (κ2) is 9.87. The molecule has 0 heterocycles. The molecule has 0 radical (unpaired) electrons. The molecule has 6 heteroatoms. The fourth-order valence-electron chi connectivity index (χ4n) is 1.76. The summed E-state index contributed by atoms with van der Waals surface area (Å²) in [5, 5.41) is 7.84. The minimum absolute atomic E-state index is 0.527. The Morgan fingerprint density at radius 3 is 2.62 bits per heavy atom. The third-order valence-corrected chi connectivity index (χ3v) is 3.43. The first kappa shape index (κ1) is 18.1. The number of nitrogens with zero attached hydrogens (tertiary/aromatic N) is 2. The van der Waals surface area contributed by atoms with E-state index in [1.807, 2.05) is 19.1 Å². The predicted molar refractivity (Wildman–Crippen MR) is 92.5 cm³/mol. The van der Waals surface area contributed by atoms with Gasteiger partial charge in [0.25, 0.3) is 0 Å². The van der Waals surface area contributed by atoms with Crippen molar-refractivity contribution in [2.75, 3.05) is 33.7 Å². The van der Waals surface area contributed by atoms with Crippen LogP contribution in [0.5, 0.6) is 0 Å². The van der Waals surface area contributed by atoms with Gasteiger partial charge in [0.05, 0.1) is 6.54 Å². The number of benzene rings is 1. The van der Waals surface area contributed by atoms with Crippen molar-refractivity contribution in [2.45, 2.75) is 19.9 Å². The number of hydrogen-bond acceptors (Lipinski definition) is 2. The van der Waals surface area contributed by atoms with Crippen molar-refractivity contribution in [2.24, 2.45) is 4.99 Å². The fourth-order valence-corrected chi connectivity index (χ4v) is 2.23. The van der Waals surface area contributed by atoms with Gasteiger partial charge in [0.2, 0.25) is 0 Å². The van der Waals surface area contributed by atoms with Gasteiger partial charge in [-0.05, 0) is 51.7 Å². The monoisotopic (exact) mass is 330 g/mol. The van der Waals surface area contributed by atoms with Crippen LogP contribution in [0.3, 0.4) is 0 Å². The van der Waals surface area contributed by atoms with Crippen molar-refractivity contribution in [3.05, 3.63) is 33.8 Å². The topological polar surface area (TPSA) is 39.7 Å². The molecular weight excluding hydrogens is 307 g/mol. The van der Waals surface area contributed by atoms with E-state index in [1.165, 1.54) is 0 Å². The highest BCUT2D eigenvalue weighted by Crippen LogP contribution is 2.21. The minimum atomic E-state index is 0.527. The van der Waals surface area contributed by atoms with E-state index in [0.717, 1.165) is 37.6 Å². The summed E-state index contributed by atoms with van der Waals surface area (Å²) in [6, 6.07) is 5.48. The smallest absolute Gasteiger partial charge is 0.191 e. The van der Waals surface area contributed by atoms with Crippen LogP contribution in [0.25, 0.3) is 0 Å². The van der Waals surface area contributed by atoms with E-state index >= 15 is 0 Å². The van der Waals surface area contributed by atoms with Gasteiger partial charge in [-0.15, -0.1) is 0 Å². The van der Waals surface area contributed by atoms with E-state index in [4.69, 9.17) is 23.2 Å². The van der Waals surface area contributed by atoms with Crippen LogP contribution in [0.1, 0.15) is 18.9 Å². The summed E-state index contributed by atoms with van der Waals surface area (Å²) >= 11 is 12.0. The average molecular weight is 331 g/mol. The first-order valence-electron chi connectivity index (χ1n) is 7.13. The Balaban J connectivity index is 2.54. The van der Waals surface area contributed by atoms with Crippen LogP contribution in [0.2, 0.25) is 10.0 Å². The van der Waals surface area contributed by atoms with Crippen molar-refractivity contribution in [3.8, 4) is 0 Å². The normalized spacial score (nSPS) is 11.8. The molecule has 4 nitrogen and oxygen atoms in total. The zero-order valence-electron chi connectivity index (χ0n) is 12.9. The molecule has 118 valence electrons. The zero-order valence-corrected chi connectivity index (χ0v) is 14.4. The van der Waals surface area contributed by atoms with Crippen LogP contribution < -0.4 is 10.6 Å². The summed E-state index contributed by atoms with van der Waals surface area (Å²) in [7, 11) is 4.14. The first-order chi connectivity index (χ1) is 10.0. The van der Waals surface area contributed by atoms with Gasteiger partial charge >= 0.3 is 0 Å². The molecule has 0 saturated heterocycles. The summed E-state index contributed by atoms with van der Waals surface area (Å²) in [6.45, 7) is 5.34. The van der Waals surface area contributed by atoms with Crippen LogP contribution in [0.15, 0.2) is 23.2 Å². The zero-order chi connectivity index (χ0) is 15.7. The lowest BCUT2D eigenvalue weighted by Crippen LogP contribution is -2.38. The van der Waals surface area contributed by atoms with Crippen molar-refractivity contribution in [1.29, 1.82) is 0 Å². The molecule has 0 amide bonds. The fraction of sp³-hybridized carbons (Fsp3) is 0.533. The Labute approximate surface area is 137 Å². The molecule has 0 spiro atoms. The standard InChI is InChI=1S/C15H24Cl2N4/c1-4-18-15(19-8-5-9-21(2)3)20-11-12-6-7-13(16)10-14(12)17/h6-7,10H,4-5,8-9,11H2,1-3H3,(H2,18,19,20). The number of rotatable bonds is 7. The van der Waals surface area contributed by atoms with E-state index in [1.54, 1.807) is 6.07 Å². The van der Waals surface area contributed by atoms with Crippen LogP contribution in [-0.2, 0) is 6.54 Å². The van der Waals surface area contributed by atoms with Crippen LogP contribution in [0.4, 0.5) is 0 Å². The number of halogens is 2. The molecule has 21 heavy (non-hydrogen) atoms. The molecular formula is C15H24Cl2N4. The molecule has 0 bridgehead atoms. The number of guanidine groups is 1. The van der Waals surface area contributed by atoms with Gasteiger partial charge in [-0.3, -0.25) is 0 Å². The molecule has 0 aliphatic heterocycles. The van der Waals surface area contributed by atoms with Crippen LogP contribution >= 0.6 is 23.2 Å². The van der Waals surface area contributed by atoms with Gasteiger partial charge in [0.1, 0.15) is 0 Å². The molecule has 2 N–H and O–H groups in total. The van der Waals surface area contributed by atoms with Gasteiger partial charge in [-0.1, -0.05) is 29.3 Å². The number of aliphatic imine (C=N–C) groups is 1. The lowest BCUT2D eigenvalue weighted by atomic mass is 10.2. The molecule has 0 fully saturated rings. The van der Waals surface area contributed by atoms with E-state index in [2.05, 4.69) is 34.6 Å². The molecule has 0 aliphatic rings. The van der Waals surface area contributed by atoms with Gasteiger partial charge < -0.3 is 15.5 Å². The summed E-state index contributed by atoms with van der Waals surface area (Å²) < 4.78 is 0. The summed E-state index contributed by atoms with van der Waals surface area (Å²) in [5.74, 6) is 0.808. The highest BCUT2D eigenvalue weighted by molar-refractivity contribution is 6.35. The predicted octanol–water partition coefficient (Wildman–Crippen LogP) is 3.00. The first-order valence-corrected chi connectivity index (χ1v) is 7.89. The summed E-state index contributed by atoms with van der Waals surface area (Å²) in [6.07, 6.45) is 1.07.